The monoisotopic (exact) mass is 508 g/mol. The molecule has 4 atom stereocenters. The van der Waals surface area contributed by atoms with Gasteiger partial charge in [-0.15, -0.1) is 34.4 Å². The predicted molar refractivity (Wildman–Crippen MR) is 126 cm³/mol. The second kappa shape index (κ2) is 9.49. The third-order valence-corrected chi connectivity index (χ3v) is 8.21. The largest absolute Gasteiger partial charge is 0.480 e. The van der Waals surface area contributed by atoms with Crippen molar-refractivity contribution in [3.05, 3.63) is 33.2 Å². The minimum Gasteiger partial charge on any atom is -0.480 e. The fourth-order valence-corrected chi connectivity index (χ4v) is 6.38. The van der Waals surface area contributed by atoms with Crippen molar-refractivity contribution >= 4 is 69.1 Å². The number of hydrogen-bond acceptors (Lipinski definition) is 11. The number of anilines is 1. The molecule has 2 unspecified atom stereocenters. The van der Waals surface area contributed by atoms with E-state index in [1.165, 1.54) is 35.1 Å². The molecule has 2 amide bonds. The summed E-state index contributed by atoms with van der Waals surface area (Å²) < 4.78 is 0. The number of oxime groups is 1. The van der Waals surface area contributed by atoms with Crippen molar-refractivity contribution in [3.63, 3.8) is 0 Å². The number of β-lactam (4-membered cyclic amide) rings is 1. The lowest BCUT2D eigenvalue weighted by Crippen LogP contribution is -2.76. The number of carbonyl (C=O) groups excluding carboxylic acids is 2. The molecule has 0 bridgehead atoms. The van der Waals surface area contributed by atoms with E-state index in [1.54, 1.807) is 10.9 Å². The minimum atomic E-state index is -1.09. The standard InChI is InChI=1S/C19H20N6O5S3/c1-8-11(33-7-21-8)4-3-9-5-31-17-13(16(27)25(17)14(9)18(28)29)23-15(26)12(24-30-2)10-6-32-19(20)22-10/h3-4,6-7,9,13-14,17H,5H2,1-2H3,(H2,20,22)(H,23,26)(H,28,29)/b4-3-,24-12-/t9?,13-,14?,17-/m1/s1. The number of thioether (sulfide) groups is 1. The van der Waals surface area contributed by atoms with Crippen LogP contribution in [0.25, 0.3) is 6.08 Å². The van der Waals surface area contributed by atoms with E-state index >= 15 is 0 Å². The van der Waals surface area contributed by atoms with Gasteiger partial charge in [-0.25, -0.2) is 14.8 Å². The SMILES string of the molecule is CO/N=C(\C(=O)N[C@@H]1C(=O)N2C(C(=O)O)C(/C=C\c3scnc3C)CS[C@H]12)c1csc(N)n1. The first kappa shape index (κ1) is 23.2. The second-order valence-electron chi connectivity index (χ2n) is 7.22. The summed E-state index contributed by atoms with van der Waals surface area (Å²) in [6.45, 7) is 1.88. The molecule has 11 nitrogen and oxygen atoms in total. The Morgan fingerprint density at radius 3 is 2.82 bits per heavy atom. The Morgan fingerprint density at radius 1 is 1.42 bits per heavy atom. The molecule has 4 rings (SSSR count). The van der Waals surface area contributed by atoms with Crippen LogP contribution in [-0.4, -0.2) is 73.8 Å². The van der Waals surface area contributed by atoms with Crippen LogP contribution in [0.15, 0.2) is 22.1 Å². The molecule has 2 saturated heterocycles. The number of thiazole rings is 2. The van der Waals surface area contributed by atoms with Crippen molar-refractivity contribution in [3.8, 4) is 0 Å². The van der Waals surface area contributed by atoms with Crippen molar-refractivity contribution in [2.24, 2.45) is 11.1 Å². The van der Waals surface area contributed by atoms with Gasteiger partial charge < -0.3 is 25.9 Å². The molecule has 174 valence electrons. The molecule has 4 N–H and O–H groups in total. The van der Waals surface area contributed by atoms with Gasteiger partial charge in [0.25, 0.3) is 5.91 Å². The highest BCUT2D eigenvalue weighted by molar-refractivity contribution is 8.00. The summed E-state index contributed by atoms with van der Waals surface area (Å²) in [7, 11) is 1.29. The average Bonchev–Trinajstić information content (AvgIpc) is 3.40. The lowest BCUT2D eigenvalue weighted by Gasteiger charge is -2.53. The molecule has 0 spiro atoms. The van der Waals surface area contributed by atoms with Crippen molar-refractivity contribution in [2.45, 2.75) is 24.4 Å². The minimum absolute atomic E-state index is 0.118. The molecule has 33 heavy (non-hydrogen) atoms. The maximum atomic E-state index is 12.9. The highest BCUT2D eigenvalue weighted by atomic mass is 32.2. The summed E-state index contributed by atoms with van der Waals surface area (Å²) in [4.78, 5) is 53.0. The Balaban J connectivity index is 1.48. The molecule has 0 radical (unpaired) electrons. The highest BCUT2D eigenvalue weighted by Gasteiger charge is 2.57. The fraction of sp³-hybridized carbons (Fsp3) is 0.368. The maximum Gasteiger partial charge on any atom is 0.327 e. The van der Waals surface area contributed by atoms with E-state index in [1.807, 2.05) is 19.1 Å². The van der Waals surface area contributed by atoms with E-state index in [4.69, 9.17) is 10.6 Å². The first-order valence-corrected chi connectivity index (χ1v) is 12.5. The third kappa shape index (κ3) is 4.45. The quantitative estimate of drug-likeness (QED) is 0.282. The number of aliphatic carboxylic acids is 1. The zero-order chi connectivity index (χ0) is 23.7. The van der Waals surface area contributed by atoms with Crippen LogP contribution >= 0.6 is 34.4 Å². The van der Waals surface area contributed by atoms with Crippen molar-refractivity contribution in [2.75, 3.05) is 18.6 Å². The van der Waals surface area contributed by atoms with Gasteiger partial charge in [0.05, 0.1) is 11.2 Å². The number of nitrogens with two attached hydrogens (primary N) is 1. The lowest BCUT2D eigenvalue weighted by molar-refractivity contribution is -0.163. The number of amides is 2. The maximum absolute atomic E-state index is 12.9. The molecular weight excluding hydrogens is 488 g/mol. The van der Waals surface area contributed by atoms with Gasteiger partial charge in [0.15, 0.2) is 10.8 Å². The van der Waals surface area contributed by atoms with Crippen LogP contribution in [0.1, 0.15) is 16.3 Å². The zero-order valence-corrected chi connectivity index (χ0v) is 19.9. The number of hydrogen-bond donors (Lipinski definition) is 3. The van der Waals surface area contributed by atoms with Crippen molar-refractivity contribution in [1.29, 1.82) is 0 Å². The Hall–Kier alpha value is -2.97. The fourth-order valence-electron chi connectivity index (χ4n) is 3.65. The molecule has 2 fully saturated rings. The molecule has 2 aliphatic rings. The van der Waals surface area contributed by atoms with Crippen LogP contribution in [0, 0.1) is 12.8 Å². The van der Waals surface area contributed by atoms with Crippen LogP contribution in [0.5, 0.6) is 0 Å². The van der Waals surface area contributed by atoms with Crippen molar-refractivity contribution in [1.82, 2.24) is 20.2 Å². The molecule has 4 heterocycles. The van der Waals surface area contributed by atoms with Crippen LogP contribution in [0.4, 0.5) is 5.13 Å². The summed E-state index contributed by atoms with van der Waals surface area (Å²) in [6.07, 6.45) is 3.67. The molecule has 2 aromatic heterocycles. The van der Waals surface area contributed by atoms with Crippen LogP contribution in [0.3, 0.4) is 0 Å². The molecule has 0 aliphatic carbocycles. The number of rotatable bonds is 7. The van der Waals surface area contributed by atoms with Gasteiger partial charge in [0.2, 0.25) is 5.91 Å². The van der Waals surface area contributed by atoms with E-state index in [-0.39, 0.29) is 22.5 Å². The van der Waals surface area contributed by atoms with E-state index in [2.05, 4.69) is 20.4 Å². The van der Waals surface area contributed by atoms with Gasteiger partial charge in [-0.1, -0.05) is 11.2 Å². The van der Waals surface area contributed by atoms with Crippen molar-refractivity contribution < 1.29 is 24.3 Å². The van der Waals surface area contributed by atoms with Gasteiger partial charge in [0.1, 0.15) is 30.3 Å². The van der Waals surface area contributed by atoms with E-state index in [9.17, 15) is 19.5 Å². The molecule has 0 aromatic carbocycles. The number of fused-ring (bicyclic) bond motifs is 1. The summed E-state index contributed by atoms with van der Waals surface area (Å²) in [5.41, 5.74) is 8.33. The number of nitrogens with one attached hydrogen (secondary N) is 1. The smallest absolute Gasteiger partial charge is 0.327 e. The number of carbonyl (C=O) groups is 3. The normalized spacial score (nSPS) is 25.0. The number of nitrogen functional groups attached to an aromatic ring is 1. The first-order valence-electron chi connectivity index (χ1n) is 9.70. The molecule has 2 aliphatic heterocycles. The number of carboxylic acids is 1. The number of carboxylic acid groups (broad SMARTS) is 1. The average molecular weight is 509 g/mol. The van der Waals surface area contributed by atoms with Gasteiger partial charge >= 0.3 is 5.97 Å². The second-order valence-corrected chi connectivity index (χ2v) is 10.1. The summed E-state index contributed by atoms with van der Waals surface area (Å²) >= 11 is 4.02. The van der Waals surface area contributed by atoms with Gasteiger partial charge in [0, 0.05) is 21.9 Å². The van der Waals surface area contributed by atoms with Gasteiger partial charge in [-0.2, -0.15) is 0 Å². The Labute approximate surface area is 200 Å². The predicted octanol–water partition coefficient (Wildman–Crippen LogP) is 1.02. The Kier molecular flexibility index (Phi) is 6.67. The third-order valence-electron chi connectivity index (χ3n) is 5.22. The van der Waals surface area contributed by atoms with Crippen LogP contribution < -0.4 is 11.1 Å². The Morgan fingerprint density at radius 2 is 2.21 bits per heavy atom. The Bertz CT molecular complexity index is 1140. The van der Waals surface area contributed by atoms with E-state index in [0.717, 1.165) is 21.9 Å². The van der Waals surface area contributed by atoms with E-state index in [0.29, 0.717) is 5.75 Å². The summed E-state index contributed by atoms with van der Waals surface area (Å²) in [5, 5.41) is 17.5. The number of aromatic nitrogens is 2. The van der Waals surface area contributed by atoms with Crippen LogP contribution in [-0.2, 0) is 19.2 Å². The van der Waals surface area contributed by atoms with Crippen LogP contribution in [0.2, 0.25) is 0 Å². The summed E-state index contributed by atoms with van der Waals surface area (Å²) in [5.74, 6) is -2.11. The molecule has 2 aromatic rings. The molecule has 0 saturated carbocycles. The van der Waals surface area contributed by atoms with Gasteiger partial charge in [-0.05, 0) is 13.0 Å². The zero-order valence-electron chi connectivity index (χ0n) is 17.5. The first-order chi connectivity index (χ1) is 15.8. The topological polar surface area (TPSA) is 160 Å². The molecule has 14 heteroatoms. The number of aryl methyl sites for hydroxylation is 1. The van der Waals surface area contributed by atoms with Gasteiger partial charge in [-0.3, -0.25) is 9.59 Å². The summed E-state index contributed by atoms with van der Waals surface area (Å²) in [6, 6.07) is -1.90. The van der Waals surface area contributed by atoms with E-state index < -0.39 is 35.2 Å². The lowest BCUT2D eigenvalue weighted by atomic mass is 9.93. The number of nitrogens with zero attached hydrogens (tertiary/aromatic N) is 4. The molecular formula is C19H20N6O5S3. The highest BCUT2D eigenvalue weighted by Crippen LogP contribution is 2.41.